The third-order valence-corrected chi connectivity index (χ3v) is 4.94. The number of ether oxygens (including phenoxy) is 1. The predicted molar refractivity (Wildman–Crippen MR) is 117 cm³/mol. The lowest BCUT2D eigenvalue weighted by Crippen LogP contribution is -2.43. The van der Waals surface area contributed by atoms with Crippen LogP contribution in [0.4, 0.5) is 0 Å². The summed E-state index contributed by atoms with van der Waals surface area (Å²) < 4.78 is 7.26. The first-order valence-electron chi connectivity index (χ1n) is 9.74. The molecule has 10 heteroatoms. The molecule has 3 aromatic heterocycles. The lowest BCUT2D eigenvalue weighted by Gasteiger charge is -2.11. The maximum Gasteiger partial charge on any atom is 0.332 e. The van der Waals surface area contributed by atoms with E-state index < -0.39 is 23.7 Å². The van der Waals surface area contributed by atoms with E-state index in [4.69, 9.17) is 4.74 Å². The third kappa shape index (κ3) is 4.10. The van der Waals surface area contributed by atoms with E-state index in [9.17, 15) is 14.4 Å². The molecule has 4 aromatic rings. The summed E-state index contributed by atoms with van der Waals surface area (Å²) in [5, 5.41) is 2.82. The number of carbonyl (C=O) groups excluding carboxylic acids is 1. The van der Waals surface area contributed by atoms with Gasteiger partial charge in [-0.1, -0.05) is 6.07 Å². The van der Waals surface area contributed by atoms with Crippen molar-refractivity contribution < 1.29 is 9.53 Å². The van der Waals surface area contributed by atoms with Crippen LogP contribution in [-0.4, -0.2) is 37.1 Å². The summed E-state index contributed by atoms with van der Waals surface area (Å²) in [4.78, 5) is 50.7. The van der Waals surface area contributed by atoms with E-state index in [1.165, 1.54) is 17.8 Å². The van der Waals surface area contributed by atoms with E-state index in [1.807, 2.05) is 6.07 Å². The zero-order valence-electron chi connectivity index (χ0n) is 17.5. The minimum absolute atomic E-state index is 0.143. The van der Waals surface area contributed by atoms with Crippen LogP contribution in [-0.2, 0) is 24.9 Å². The first-order chi connectivity index (χ1) is 15.5. The maximum absolute atomic E-state index is 12.9. The van der Waals surface area contributed by atoms with E-state index in [0.29, 0.717) is 17.1 Å². The van der Waals surface area contributed by atoms with Gasteiger partial charge in [-0.3, -0.25) is 23.7 Å². The van der Waals surface area contributed by atoms with Gasteiger partial charge in [0.2, 0.25) is 5.91 Å². The number of nitrogens with one attached hydrogen (secondary N) is 1. The number of rotatable bonds is 6. The van der Waals surface area contributed by atoms with Gasteiger partial charge in [-0.25, -0.2) is 14.8 Å². The van der Waals surface area contributed by atoms with Crippen LogP contribution >= 0.6 is 0 Å². The molecule has 1 N–H and O–H groups in total. The Labute approximate surface area is 182 Å². The van der Waals surface area contributed by atoms with Crippen LogP contribution in [0.5, 0.6) is 5.75 Å². The van der Waals surface area contributed by atoms with Gasteiger partial charge in [0.1, 0.15) is 17.7 Å². The first kappa shape index (κ1) is 20.9. The number of hydrogen-bond acceptors (Lipinski definition) is 7. The topological polar surface area (TPSA) is 121 Å². The molecule has 162 valence electrons. The van der Waals surface area contributed by atoms with Crippen molar-refractivity contribution in [3.05, 3.63) is 81.4 Å². The van der Waals surface area contributed by atoms with E-state index in [0.717, 1.165) is 10.1 Å². The summed E-state index contributed by atoms with van der Waals surface area (Å²) in [6.07, 6.45) is 4.62. The van der Waals surface area contributed by atoms with E-state index in [2.05, 4.69) is 20.3 Å². The second-order valence-electron chi connectivity index (χ2n) is 7.03. The molecule has 0 aliphatic rings. The number of aromatic nitrogens is 5. The van der Waals surface area contributed by atoms with Crippen LogP contribution < -0.4 is 21.3 Å². The Morgan fingerprint density at radius 1 is 1.12 bits per heavy atom. The van der Waals surface area contributed by atoms with Crippen molar-refractivity contribution in [2.45, 2.75) is 13.1 Å². The Morgan fingerprint density at radius 3 is 2.59 bits per heavy atom. The Morgan fingerprint density at radius 2 is 1.91 bits per heavy atom. The Balaban J connectivity index is 1.64. The quantitative estimate of drug-likeness (QED) is 0.480. The summed E-state index contributed by atoms with van der Waals surface area (Å²) in [6, 6.07) is 10.7. The average Bonchev–Trinajstić information content (AvgIpc) is 2.84. The van der Waals surface area contributed by atoms with Gasteiger partial charge in [-0.15, -0.1) is 0 Å². The highest BCUT2D eigenvalue weighted by atomic mass is 16.5. The Kier molecular flexibility index (Phi) is 5.75. The molecule has 0 radical (unpaired) electrons. The van der Waals surface area contributed by atoms with Gasteiger partial charge >= 0.3 is 5.69 Å². The second-order valence-corrected chi connectivity index (χ2v) is 7.03. The normalized spacial score (nSPS) is 10.8. The number of fused-ring (bicyclic) bond motifs is 1. The fraction of sp³-hybridized carbons (Fsp3) is 0.182. The van der Waals surface area contributed by atoms with Crippen LogP contribution in [0.1, 0.15) is 5.56 Å². The molecule has 0 bridgehead atoms. The van der Waals surface area contributed by atoms with Crippen molar-refractivity contribution in [2.75, 3.05) is 7.11 Å². The molecule has 4 rings (SSSR count). The SMILES string of the molecule is COc1ccc(-c2ncc3c(=O)n(CC(=O)NCc4cccnc4)c(=O)n(C)c3n2)cc1. The largest absolute Gasteiger partial charge is 0.497 e. The number of carbonyl (C=O) groups is 1. The molecule has 3 heterocycles. The summed E-state index contributed by atoms with van der Waals surface area (Å²) in [6.45, 7) is -0.175. The van der Waals surface area contributed by atoms with Gasteiger partial charge in [0, 0.05) is 37.7 Å². The minimum atomic E-state index is -0.640. The molecule has 32 heavy (non-hydrogen) atoms. The summed E-state index contributed by atoms with van der Waals surface area (Å²) >= 11 is 0. The average molecular weight is 432 g/mol. The van der Waals surface area contributed by atoms with Crippen molar-refractivity contribution in [2.24, 2.45) is 7.05 Å². The first-order valence-corrected chi connectivity index (χ1v) is 9.74. The number of aryl methyl sites for hydroxylation is 1. The van der Waals surface area contributed by atoms with Crippen LogP contribution in [0, 0.1) is 0 Å². The standard InChI is InChI=1S/C22H20N6O4/c1-27-20-17(12-25-19(26-20)15-5-7-16(32-2)8-6-15)21(30)28(22(27)31)13-18(29)24-11-14-4-3-9-23-10-14/h3-10,12H,11,13H2,1-2H3,(H,24,29). The molecular formula is C22H20N6O4. The van der Waals surface area contributed by atoms with Gasteiger partial charge in [0.25, 0.3) is 5.56 Å². The number of pyridine rings is 1. The van der Waals surface area contributed by atoms with Crippen LogP contribution in [0.15, 0.2) is 64.6 Å². The summed E-state index contributed by atoms with van der Waals surface area (Å²) in [5.74, 6) is 0.580. The maximum atomic E-state index is 12.9. The molecule has 0 unspecified atom stereocenters. The highest BCUT2D eigenvalue weighted by Crippen LogP contribution is 2.20. The van der Waals surface area contributed by atoms with Crippen molar-refractivity contribution in [3.63, 3.8) is 0 Å². The Bertz CT molecular complexity index is 1390. The smallest absolute Gasteiger partial charge is 0.332 e. The third-order valence-electron chi connectivity index (χ3n) is 4.94. The van der Waals surface area contributed by atoms with Gasteiger partial charge in [0.05, 0.1) is 7.11 Å². The highest BCUT2D eigenvalue weighted by Gasteiger charge is 2.16. The van der Waals surface area contributed by atoms with Crippen molar-refractivity contribution >= 4 is 16.9 Å². The molecule has 0 fully saturated rings. The van der Waals surface area contributed by atoms with E-state index in [1.54, 1.807) is 49.8 Å². The lowest BCUT2D eigenvalue weighted by atomic mass is 10.2. The number of nitrogens with zero attached hydrogens (tertiary/aromatic N) is 5. The number of methoxy groups -OCH3 is 1. The number of amides is 1. The van der Waals surface area contributed by atoms with Crippen LogP contribution in [0.2, 0.25) is 0 Å². The summed E-state index contributed by atoms with van der Waals surface area (Å²) in [7, 11) is 3.07. The highest BCUT2D eigenvalue weighted by molar-refractivity contribution is 5.78. The van der Waals surface area contributed by atoms with Gasteiger partial charge in [-0.05, 0) is 35.9 Å². The summed E-state index contributed by atoms with van der Waals surface area (Å²) in [5.41, 5.74) is 0.435. The molecule has 0 saturated carbocycles. The van der Waals surface area contributed by atoms with Gasteiger partial charge < -0.3 is 10.1 Å². The van der Waals surface area contributed by atoms with E-state index in [-0.39, 0.29) is 17.6 Å². The molecule has 0 spiro atoms. The zero-order valence-corrected chi connectivity index (χ0v) is 17.5. The molecule has 0 aliphatic heterocycles. The molecule has 0 saturated heterocycles. The number of benzene rings is 1. The zero-order chi connectivity index (χ0) is 22.7. The van der Waals surface area contributed by atoms with Crippen LogP contribution in [0.3, 0.4) is 0 Å². The van der Waals surface area contributed by atoms with Crippen molar-refractivity contribution in [3.8, 4) is 17.1 Å². The molecule has 10 nitrogen and oxygen atoms in total. The number of hydrogen-bond donors (Lipinski definition) is 1. The molecule has 0 aliphatic carbocycles. The molecule has 1 aromatic carbocycles. The van der Waals surface area contributed by atoms with Gasteiger partial charge in [-0.2, -0.15) is 0 Å². The van der Waals surface area contributed by atoms with Crippen molar-refractivity contribution in [1.82, 2.24) is 29.4 Å². The second kappa shape index (κ2) is 8.80. The predicted octanol–water partition coefficient (Wildman–Crippen LogP) is 0.877. The Hall–Kier alpha value is -4.34. The minimum Gasteiger partial charge on any atom is -0.497 e. The molecule has 1 amide bonds. The molecular weight excluding hydrogens is 412 g/mol. The fourth-order valence-corrected chi connectivity index (χ4v) is 3.20. The van der Waals surface area contributed by atoms with E-state index >= 15 is 0 Å². The lowest BCUT2D eigenvalue weighted by molar-refractivity contribution is -0.121. The monoisotopic (exact) mass is 432 g/mol. The van der Waals surface area contributed by atoms with Crippen LogP contribution in [0.25, 0.3) is 22.4 Å². The van der Waals surface area contributed by atoms with Gasteiger partial charge in [0.15, 0.2) is 11.5 Å². The van der Waals surface area contributed by atoms with Crippen molar-refractivity contribution in [1.29, 1.82) is 0 Å². The molecule has 0 atom stereocenters. The fourth-order valence-electron chi connectivity index (χ4n) is 3.20.